The van der Waals surface area contributed by atoms with Crippen LogP contribution in [0.4, 0.5) is 11.4 Å². The highest BCUT2D eigenvalue weighted by atomic mass is 28.4. The standard InChI is InChI=1S/C46H84N4O9Si4/c1-13-51-60(9,52-14-2)37-21-33-49(34-22-38-61(10,53-15-3)54-16-4)43-29-25-41(26-30-43)45-47-48-46(59-45)42-27-31-44(32-28-42)50(35-23-39-62(11,55-17-5)56-18-6)36-24-40-63(12,57-19-7)58-20-8/h25-32H,13-24,33-40H2,1-12H3. The lowest BCUT2D eigenvalue weighted by atomic mass is 10.1. The first-order chi connectivity index (χ1) is 30.3. The van der Waals surface area contributed by atoms with Crippen LogP contribution in [0.2, 0.25) is 50.4 Å². The van der Waals surface area contributed by atoms with Crippen LogP contribution in [0.25, 0.3) is 22.9 Å². The summed E-state index contributed by atoms with van der Waals surface area (Å²) in [6, 6.07) is 20.7. The van der Waals surface area contributed by atoms with E-state index in [1.165, 1.54) is 0 Å². The Morgan fingerprint density at radius 1 is 0.381 bits per heavy atom. The SMILES string of the molecule is CCO[Si](C)(CCCN(CCC[Si](C)(OCC)OCC)c1ccc(-c2nnc(-c3ccc(N(CCC[Si](C)(OCC)OCC)CCC[Si](C)(OCC)OCC)cc3)o2)cc1)OCC. The molecule has 358 valence electrons. The average Bonchev–Trinajstić information content (AvgIpc) is 3.74. The Bertz CT molecular complexity index is 1460. The monoisotopic (exact) mass is 949 g/mol. The zero-order valence-corrected chi connectivity index (χ0v) is 45.2. The van der Waals surface area contributed by atoms with Gasteiger partial charge in [-0.1, -0.05) is 0 Å². The van der Waals surface area contributed by atoms with Crippen molar-refractivity contribution in [3.8, 4) is 22.9 Å². The fraction of sp³-hybridized carbons (Fsp3) is 0.696. The van der Waals surface area contributed by atoms with Gasteiger partial charge in [-0.2, -0.15) is 0 Å². The molecule has 0 aliphatic heterocycles. The van der Waals surface area contributed by atoms with Crippen LogP contribution in [0.1, 0.15) is 81.1 Å². The number of hydrogen-bond donors (Lipinski definition) is 0. The van der Waals surface area contributed by atoms with Gasteiger partial charge < -0.3 is 49.6 Å². The van der Waals surface area contributed by atoms with E-state index in [4.69, 9.17) is 39.8 Å². The summed E-state index contributed by atoms with van der Waals surface area (Å²) in [6.45, 7) is 34.1. The van der Waals surface area contributed by atoms with Crippen molar-refractivity contribution in [3.63, 3.8) is 0 Å². The third-order valence-electron chi connectivity index (χ3n) is 11.2. The number of anilines is 2. The minimum atomic E-state index is -2.23. The number of hydrogen-bond acceptors (Lipinski definition) is 13. The van der Waals surface area contributed by atoms with Crippen LogP contribution < -0.4 is 9.80 Å². The molecule has 1 heterocycles. The van der Waals surface area contributed by atoms with Crippen LogP contribution >= 0.6 is 0 Å². The molecule has 17 heteroatoms. The molecule has 1 aromatic heterocycles. The number of rotatable bonds is 36. The fourth-order valence-corrected chi connectivity index (χ4v) is 18.0. The van der Waals surface area contributed by atoms with E-state index in [1.807, 2.05) is 55.4 Å². The summed E-state index contributed by atoms with van der Waals surface area (Å²) in [6.07, 6.45) is 3.91. The van der Waals surface area contributed by atoms with Crippen molar-refractivity contribution in [2.75, 3.05) is 88.8 Å². The van der Waals surface area contributed by atoms with E-state index in [0.29, 0.717) is 64.6 Å². The third-order valence-corrected chi connectivity index (χ3v) is 23.5. The molecule has 0 bridgehead atoms. The Balaban J connectivity index is 1.78. The van der Waals surface area contributed by atoms with Gasteiger partial charge in [-0.05, 0) is 180 Å². The first-order valence-corrected chi connectivity index (χ1v) is 34.0. The molecule has 3 rings (SSSR count). The molecule has 63 heavy (non-hydrogen) atoms. The zero-order chi connectivity index (χ0) is 46.2. The van der Waals surface area contributed by atoms with Crippen LogP contribution in [0.5, 0.6) is 0 Å². The van der Waals surface area contributed by atoms with Crippen molar-refractivity contribution in [1.29, 1.82) is 0 Å². The fourth-order valence-electron chi connectivity index (χ4n) is 8.38. The largest absolute Gasteiger partial charge is 0.416 e. The maximum absolute atomic E-state index is 6.31. The molecule has 0 amide bonds. The van der Waals surface area contributed by atoms with Gasteiger partial charge in [-0.25, -0.2) is 0 Å². The first-order valence-electron chi connectivity index (χ1n) is 23.9. The third kappa shape index (κ3) is 18.9. The van der Waals surface area contributed by atoms with Crippen molar-refractivity contribution in [2.45, 2.75) is 131 Å². The number of benzene rings is 2. The molecule has 0 saturated carbocycles. The summed E-state index contributed by atoms with van der Waals surface area (Å²) in [5, 5.41) is 8.96. The maximum Gasteiger partial charge on any atom is 0.334 e. The molecule has 0 spiro atoms. The van der Waals surface area contributed by atoms with E-state index in [-0.39, 0.29) is 0 Å². The Morgan fingerprint density at radius 3 is 0.810 bits per heavy atom. The lowest BCUT2D eigenvalue weighted by Gasteiger charge is -2.30. The highest BCUT2D eigenvalue weighted by Gasteiger charge is 2.34. The Morgan fingerprint density at radius 2 is 0.603 bits per heavy atom. The first kappa shape index (κ1) is 55.1. The van der Waals surface area contributed by atoms with Gasteiger partial charge in [0.25, 0.3) is 0 Å². The lowest BCUT2D eigenvalue weighted by Crippen LogP contribution is -2.40. The highest BCUT2D eigenvalue weighted by Crippen LogP contribution is 2.30. The molecular weight excluding hydrogens is 865 g/mol. The molecule has 3 aromatic rings. The molecule has 13 nitrogen and oxygen atoms in total. The van der Waals surface area contributed by atoms with Crippen LogP contribution in [0, 0.1) is 0 Å². The maximum atomic E-state index is 6.31. The molecule has 0 unspecified atom stereocenters. The number of aromatic nitrogens is 2. The van der Waals surface area contributed by atoms with Crippen LogP contribution in [0.15, 0.2) is 52.9 Å². The van der Waals surface area contributed by atoms with Crippen molar-refractivity contribution in [2.24, 2.45) is 0 Å². The predicted molar refractivity (Wildman–Crippen MR) is 267 cm³/mol. The van der Waals surface area contributed by atoms with E-state index >= 15 is 0 Å². The molecule has 0 saturated heterocycles. The van der Waals surface area contributed by atoms with Gasteiger partial charge in [0.05, 0.1) is 0 Å². The van der Waals surface area contributed by atoms with E-state index in [0.717, 1.165) is 98.5 Å². The normalized spacial score (nSPS) is 12.6. The lowest BCUT2D eigenvalue weighted by molar-refractivity contribution is 0.187. The second-order valence-electron chi connectivity index (χ2n) is 16.4. The minimum Gasteiger partial charge on any atom is -0.416 e. The summed E-state index contributed by atoms with van der Waals surface area (Å²) >= 11 is 0. The molecule has 0 aliphatic rings. The van der Waals surface area contributed by atoms with E-state index in [9.17, 15) is 0 Å². The molecule has 0 N–H and O–H groups in total. The molecule has 0 atom stereocenters. The summed E-state index contributed by atoms with van der Waals surface area (Å²) < 4.78 is 55.6. The van der Waals surface area contributed by atoms with E-state index in [1.54, 1.807) is 0 Å². The summed E-state index contributed by atoms with van der Waals surface area (Å²) in [5.41, 5.74) is 4.06. The van der Waals surface area contributed by atoms with Gasteiger partial charge in [0.15, 0.2) is 0 Å². The summed E-state index contributed by atoms with van der Waals surface area (Å²) in [4.78, 5) is 4.93. The van der Waals surface area contributed by atoms with Crippen LogP contribution in [-0.4, -0.2) is 123 Å². The van der Waals surface area contributed by atoms with E-state index < -0.39 is 34.2 Å². The Hall–Kier alpha value is -2.27. The molecule has 0 radical (unpaired) electrons. The quantitative estimate of drug-likeness (QED) is 0.0515. The molecular formula is C46H84N4O9Si4. The van der Waals surface area contributed by atoms with Crippen molar-refractivity contribution in [3.05, 3.63) is 48.5 Å². The smallest absolute Gasteiger partial charge is 0.334 e. The van der Waals surface area contributed by atoms with Gasteiger partial charge >= 0.3 is 34.2 Å². The highest BCUT2D eigenvalue weighted by molar-refractivity contribution is 6.67. The van der Waals surface area contributed by atoms with Gasteiger partial charge in [-0.15, -0.1) is 10.2 Å². The molecule has 0 fully saturated rings. The number of nitrogens with zero attached hydrogens (tertiary/aromatic N) is 4. The molecule has 2 aromatic carbocycles. The van der Waals surface area contributed by atoms with Gasteiger partial charge in [0.2, 0.25) is 11.8 Å². The Labute approximate surface area is 385 Å². The average molecular weight is 950 g/mol. The van der Waals surface area contributed by atoms with Gasteiger partial charge in [0, 0.05) is 102 Å². The van der Waals surface area contributed by atoms with Crippen molar-refractivity contribution >= 4 is 45.6 Å². The van der Waals surface area contributed by atoms with Crippen LogP contribution in [-0.2, 0) is 35.4 Å². The zero-order valence-electron chi connectivity index (χ0n) is 41.2. The Kier molecular flexibility index (Phi) is 25.1. The predicted octanol–water partition coefficient (Wildman–Crippen LogP) is 11.2. The van der Waals surface area contributed by atoms with Gasteiger partial charge in [-0.3, -0.25) is 0 Å². The molecule has 0 aliphatic carbocycles. The van der Waals surface area contributed by atoms with E-state index in [2.05, 4.69) is 94.7 Å². The topological polar surface area (TPSA) is 119 Å². The second-order valence-corrected chi connectivity index (χ2v) is 29.8. The van der Waals surface area contributed by atoms with Crippen LogP contribution in [0.3, 0.4) is 0 Å². The minimum absolute atomic E-state index is 0.491. The van der Waals surface area contributed by atoms with Gasteiger partial charge in [0.1, 0.15) is 0 Å². The van der Waals surface area contributed by atoms with Crippen molar-refractivity contribution in [1.82, 2.24) is 10.2 Å². The summed E-state index contributed by atoms with van der Waals surface area (Å²) in [5.74, 6) is 0.983. The summed E-state index contributed by atoms with van der Waals surface area (Å²) in [7, 11) is -8.91. The van der Waals surface area contributed by atoms with Crippen molar-refractivity contribution < 1.29 is 39.8 Å². The second kappa shape index (κ2) is 28.7.